The maximum Gasteiger partial charge on any atom is 0.435 e. The summed E-state index contributed by atoms with van der Waals surface area (Å²) in [5, 5.41) is 6.27. The highest BCUT2D eigenvalue weighted by Crippen LogP contribution is 2.30. The maximum atomic E-state index is 12.6. The van der Waals surface area contributed by atoms with E-state index in [1.54, 1.807) is 6.92 Å². The second-order valence-electron chi connectivity index (χ2n) is 4.35. The van der Waals surface area contributed by atoms with Crippen molar-refractivity contribution in [1.29, 1.82) is 0 Å². The van der Waals surface area contributed by atoms with Gasteiger partial charge in [0.25, 0.3) is 0 Å². The van der Waals surface area contributed by atoms with Gasteiger partial charge in [0.2, 0.25) is 5.91 Å². The summed E-state index contributed by atoms with van der Waals surface area (Å²) in [7, 11) is 0. The number of fused-ring (bicyclic) bond motifs is 1. The van der Waals surface area contributed by atoms with Crippen molar-refractivity contribution in [3.8, 4) is 0 Å². The van der Waals surface area contributed by atoms with Crippen LogP contribution >= 0.6 is 0 Å². The molecule has 1 unspecified atom stereocenters. The van der Waals surface area contributed by atoms with Crippen LogP contribution in [0.5, 0.6) is 0 Å². The average molecular weight is 287 g/mol. The predicted octanol–water partition coefficient (Wildman–Crippen LogP) is 1.42. The minimum atomic E-state index is -4.53. The normalized spacial score (nSPS) is 13.4. The Kier molecular flexibility index (Phi) is 3.51. The monoisotopic (exact) mass is 287 g/mol. The number of nitrogens with zero attached hydrogens (tertiary/aromatic N) is 3. The summed E-state index contributed by atoms with van der Waals surface area (Å²) in [6, 6.07) is 0.544. The Morgan fingerprint density at radius 1 is 1.55 bits per heavy atom. The Morgan fingerprint density at radius 2 is 2.25 bits per heavy atom. The van der Waals surface area contributed by atoms with Gasteiger partial charge in [-0.3, -0.25) is 4.79 Å². The number of halogens is 3. The van der Waals surface area contributed by atoms with E-state index in [1.807, 2.05) is 0 Å². The summed E-state index contributed by atoms with van der Waals surface area (Å²) < 4.78 is 38.9. The molecule has 2 aromatic rings. The van der Waals surface area contributed by atoms with Crippen molar-refractivity contribution in [3.05, 3.63) is 24.2 Å². The first-order chi connectivity index (χ1) is 9.27. The molecule has 2 aromatic heterocycles. The Bertz CT molecular complexity index is 637. The van der Waals surface area contributed by atoms with E-state index in [2.05, 4.69) is 15.4 Å². The van der Waals surface area contributed by atoms with Crippen LogP contribution in [0.3, 0.4) is 0 Å². The minimum absolute atomic E-state index is 0.0446. The highest BCUT2D eigenvalue weighted by Gasteiger charge is 2.34. The standard InChI is InChI=1S/C11H12F3N5O/c1-6(4-9(15)20)17-10-7-5-8(11(12,13)14)18-19(7)3-2-16-10/h2-3,5-6H,4H2,1H3,(H2,15,20)(H,16,17). The number of carbonyl (C=O) groups is 1. The molecule has 0 aliphatic heterocycles. The lowest BCUT2D eigenvalue weighted by molar-refractivity contribution is -0.141. The number of anilines is 1. The van der Waals surface area contributed by atoms with Crippen LogP contribution in [0.1, 0.15) is 19.0 Å². The van der Waals surface area contributed by atoms with Gasteiger partial charge in [0.1, 0.15) is 5.52 Å². The van der Waals surface area contributed by atoms with Crippen LogP contribution in [0.2, 0.25) is 0 Å². The second-order valence-corrected chi connectivity index (χ2v) is 4.35. The van der Waals surface area contributed by atoms with Crippen LogP contribution in [0.4, 0.5) is 19.0 Å². The lowest BCUT2D eigenvalue weighted by Gasteiger charge is -2.13. The summed E-state index contributed by atoms with van der Waals surface area (Å²) in [4.78, 5) is 14.8. The molecule has 20 heavy (non-hydrogen) atoms. The predicted molar refractivity (Wildman–Crippen MR) is 64.9 cm³/mol. The highest BCUT2D eigenvalue weighted by molar-refractivity contribution is 5.75. The zero-order valence-electron chi connectivity index (χ0n) is 10.5. The van der Waals surface area contributed by atoms with Crippen LogP contribution in [0, 0.1) is 0 Å². The number of nitrogens with one attached hydrogen (secondary N) is 1. The third kappa shape index (κ3) is 2.98. The third-order valence-electron chi connectivity index (χ3n) is 2.57. The molecule has 0 radical (unpaired) electrons. The highest BCUT2D eigenvalue weighted by atomic mass is 19.4. The van der Waals surface area contributed by atoms with Gasteiger partial charge in [-0.25, -0.2) is 9.50 Å². The molecule has 0 spiro atoms. The van der Waals surface area contributed by atoms with Gasteiger partial charge in [-0.15, -0.1) is 0 Å². The van der Waals surface area contributed by atoms with E-state index in [0.29, 0.717) is 0 Å². The second kappa shape index (κ2) is 4.99. The van der Waals surface area contributed by atoms with Crippen molar-refractivity contribution in [2.45, 2.75) is 25.6 Å². The number of hydrogen-bond acceptors (Lipinski definition) is 4. The molecule has 108 valence electrons. The van der Waals surface area contributed by atoms with Crippen LogP contribution in [0.15, 0.2) is 18.5 Å². The molecule has 2 rings (SSSR count). The maximum absolute atomic E-state index is 12.6. The molecule has 1 amide bonds. The molecule has 0 aliphatic rings. The summed E-state index contributed by atoms with van der Waals surface area (Å²) in [6.45, 7) is 1.68. The summed E-state index contributed by atoms with van der Waals surface area (Å²) in [5.74, 6) is -0.300. The van der Waals surface area contributed by atoms with Gasteiger partial charge in [0.05, 0.1) is 0 Å². The van der Waals surface area contributed by atoms with E-state index in [4.69, 9.17) is 5.73 Å². The largest absolute Gasteiger partial charge is 0.435 e. The molecule has 9 heteroatoms. The smallest absolute Gasteiger partial charge is 0.370 e. The zero-order chi connectivity index (χ0) is 14.9. The van der Waals surface area contributed by atoms with Gasteiger partial charge in [0.15, 0.2) is 11.5 Å². The Balaban J connectivity index is 2.34. The van der Waals surface area contributed by atoms with Crippen molar-refractivity contribution in [2.75, 3.05) is 5.32 Å². The molecule has 2 heterocycles. The molecular formula is C11H12F3N5O. The summed E-state index contributed by atoms with van der Waals surface area (Å²) in [5.41, 5.74) is 4.23. The van der Waals surface area contributed by atoms with Gasteiger partial charge < -0.3 is 11.1 Å². The number of rotatable bonds is 4. The van der Waals surface area contributed by atoms with Crippen molar-refractivity contribution < 1.29 is 18.0 Å². The molecular weight excluding hydrogens is 275 g/mol. The van der Waals surface area contributed by atoms with E-state index < -0.39 is 17.8 Å². The van der Waals surface area contributed by atoms with Gasteiger partial charge in [0, 0.05) is 30.9 Å². The first-order valence-corrected chi connectivity index (χ1v) is 5.74. The van der Waals surface area contributed by atoms with Gasteiger partial charge in [-0.05, 0) is 6.92 Å². The van der Waals surface area contributed by atoms with E-state index in [9.17, 15) is 18.0 Å². The fourth-order valence-electron chi connectivity index (χ4n) is 1.76. The number of amides is 1. The lowest BCUT2D eigenvalue weighted by atomic mass is 10.2. The SMILES string of the molecule is CC(CC(N)=O)Nc1nccn2nc(C(F)(F)F)cc12. The Labute approximate surface area is 111 Å². The topological polar surface area (TPSA) is 85.3 Å². The third-order valence-corrected chi connectivity index (χ3v) is 2.57. The zero-order valence-corrected chi connectivity index (χ0v) is 10.5. The van der Waals surface area contributed by atoms with Gasteiger partial charge in [-0.2, -0.15) is 18.3 Å². The van der Waals surface area contributed by atoms with Gasteiger partial charge in [-0.1, -0.05) is 0 Å². The number of primary amides is 1. The van der Waals surface area contributed by atoms with Crippen LogP contribution in [-0.2, 0) is 11.0 Å². The average Bonchev–Trinajstić information content (AvgIpc) is 2.72. The number of hydrogen-bond donors (Lipinski definition) is 2. The molecule has 3 N–H and O–H groups in total. The number of nitrogens with two attached hydrogens (primary N) is 1. The first kappa shape index (κ1) is 14.1. The van der Waals surface area contributed by atoms with E-state index in [0.717, 1.165) is 10.6 Å². The molecule has 0 saturated carbocycles. The summed E-state index contributed by atoms with van der Waals surface area (Å²) in [6.07, 6.45) is -1.85. The number of alkyl halides is 3. The molecule has 0 aliphatic carbocycles. The first-order valence-electron chi connectivity index (χ1n) is 5.74. The van der Waals surface area contributed by atoms with Crippen molar-refractivity contribution in [3.63, 3.8) is 0 Å². The van der Waals surface area contributed by atoms with Crippen molar-refractivity contribution in [2.24, 2.45) is 5.73 Å². The molecule has 6 nitrogen and oxygen atoms in total. The van der Waals surface area contributed by atoms with Crippen LogP contribution in [-0.4, -0.2) is 26.5 Å². The minimum Gasteiger partial charge on any atom is -0.370 e. The lowest BCUT2D eigenvalue weighted by Crippen LogP contribution is -2.24. The van der Waals surface area contributed by atoms with Crippen molar-refractivity contribution >= 4 is 17.2 Å². The van der Waals surface area contributed by atoms with E-state index in [-0.39, 0.29) is 23.8 Å². The Morgan fingerprint density at radius 3 is 2.85 bits per heavy atom. The van der Waals surface area contributed by atoms with Crippen LogP contribution in [0.25, 0.3) is 5.52 Å². The fourth-order valence-corrected chi connectivity index (χ4v) is 1.76. The van der Waals surface area contributed by atoms with E-state index in [1.165, 1.54) is 12.4 Å². The van der Waals surface area contributed by atoms with Gasteiger partial charge >= 0.3 is 6.18 Å². The van der Waals surface area contributed by atoms with Crippen LogP contribution < -0.4 is 11.1 Å². The van der Waals surface area contributed by atoms with E-state index >= 15 is 0 Å². The Hall–Kier alpha value is -2.32. The fraction of sp³-hybridized carbons (Fsp3) is 0.364. The molecule has 0 aromatic carbocycles. The molecule has 0 bridgehead atoms. The molecule has 1 atom stereocenters. The number of carbonyl (C=O) groups excluding carboxylic acids is 1. The molecule has 0 fully saturated rings. The quantitative estimate of drug-likeness (QED) is 0.890. The summed E-state index contributed by atoms with van der Waals surface area (Å²) >= 11 is 0. The molecule has 0 saturated heterocycles. The number of aromatic nitrogens is 3. The van der Waals surface area contributed by atoms with Crippen molar-refractivity contribution in [1.82, 2.24) is 14.6 Å².